The Morgan fingerprint density at radius 3 is 2.50 bits per heavy atom. The lowest BCUT2D eigenvalue weighted by Gasteiger charge is -2.09. The number of non-ortho nitro benzene ring substituents is 1. The summed E-state index contributed by atoms with van der Waals surface area (Å²) in [6, 6.07) is 18.2. The molecule has 1 N–H and O–H groups in total. The van der Waals surface area contributed by atoms with Crippen molar-refractivity contribution in [3.05, 3.63) is 102 Å². The molecule has 0 aliphatic carbocycles. The Bertz CT molecular complexity index is 1090. The Morgan fingerprint density at radius 2 is 1.83 bits per heavy atom. The zero-order valence-corrected chi connectivity index (χ0v) is 18.3. The Morgan fingerprint density at radius 1 is 1.13 bits per heavy atom. The van der Waals surface area contributed by atoms with Crippen LogP contribution < -0.4 is 10.2 Å². The van der Waals surface area contributed by atoms with Crippen LogP contribution in [0.3, 0.4) is 0 Å². The Hall–Kier alpha value is -2.98. The summed E-state index contributed by atoms with van der Waals surface area (Å²) >= 11 is 8.23. The van der Waals surface area contributed by atoms with Gasteiger partial charge < -0.3 is 4.74 Å². The molecule has 0 aliphatic heterocycles. The van der Waals surface area contributed by atoms with Gasteiger partial charge in [-0.2, -0.15) is 5.10 Å². The standard InChI is InChI=1S/C21H15ClIN3O4/c22-17-5-10-20(30-13-14-1-8-19(9-2-14)26(28)29)16(11-17)12-24-25-21(27)15-3-6-18(23)7-4-15/h1-12H,13H2,(H,25,27)/b24-12-. The molecule has 0 saturated carbocycles. The van der Waals surface area contributed by atoms with E-state index < -0.39 is 4.92 Å². The molecule has 152 valence electrons. The molecule has 0 aliphatic rings. The molecule has 30 heavy (non-hydrogen) atoms. The van der Waals surface area contributed by atoms with E-state index in [0.29, 0.717) is 21.9 Å². The number of amides is 1. The number of nitro benzene ring substituents is 1. The van der Waals surface area contributed by atoms with Gasteiger partial charge in [0.1, 0.15) is 12.4 Å². The highest BCUT2D eigenvalue weighted by molar-refractivity contribution is 14.1. The van der Waals surface area contributed by atoms with Crippen molar-refractivity contribution in [1.29, 1.82) is 0 Å². The van der Waals surface area contributed by atoms with E-state index in [-0.39, 0.29) is 18.2 Å². The lowest BCUT2D eigenvalue weighted by Crippen LogP contribution is -2.17. The van der Waals surface area contributed by atoms with Gasteiger partial charge in [0, 0.05) is 31.9 Å². The highest BCUT2D eigenvalue weighted by atomic mass is 127. The van der Waals surface area contributed by atoms with Gasteiger partial charge in [0.05, 0.1) is 11.1 Å². The van der Waals surface area contributed by atoms with Crippen LogP contribution in [0.2, 0.25) is 5.02 Å². The third kappa shape index (κ3) is 6.01. The molecule has 0 saturated heterocycles. The van der Waals surface area contributed by atoms with Crippen LogP contribution in [-0.4, -0.2) is 17.0 Å². The van der Waals surface area contributed by atoms with E-state index in [1.54, 1.807) is 42.5 Å². The first-order valence-corrected chi connectivity index (χ1v) is 10.1. The fraction of sp³-hybridized carbons (Fsp3) is 0.0476. The van der Waals surface area contributed by atoms with Gasteiger partial charge in [-0.25, -0.2) is 5.43 Å². The molecule has 3 aromatic rings. The molecule has 0 bridgehead atoms. The van der Waals surface area contributed by atoms with Gasteiger partial charge in [-0.3, -0.25) is 14.9 Å². The lowest BCUT2D eigenvalue weighted by molar-refractivity contribution is -0.384. The largest absolute Gasteiger partial charge is 0.488 e. The van der Waals surface area contributed by atoms with Crippen LogP contribution in [0.1, 0.15) is 21.5 Å². The second-order valence-corrected chi connectivity index (χ2v) is 7.78. The third-order valence-corrected chi connectivity index (χ3v) is 4.94. The summed E-state index contributed by atoms with van der Waals surface area (Å²) in [6.45, 7) is 0.204. The molecule has 9 heteroatoms. The third-order valence-electron chi connectivity index (χ3n) is 3.99. The number of nitrogens with one attached hydrogen (secondary N) is 1. The second-order valence-electron chi connectivity index (χ2n) is 6.10. The minimum absolute atomic E-state index is 0.0157. The van der Waals surface area contributed by atoms with Crippen LogP contribution in [0, 0.1) is 13.7 Å². The Kier molecular flexibility index (Phi) is 7.36. The van der Waals surface area contributed by atoms with E-state index in [0.717, 1.165) is 9.13 Å². The van der Waals surface area contributed by atoms with Crippen molar-refractivity contribution in [3.63, 3.8) is 0 Å². The smallest absolute Gasteiger partial charge is 0.271 e. The van der Waals surface area contributed by atoms with Crippen molar-refractivity contribution >= 4 is 52.0 Å². The number of carbonyl (C=O) groups excluding carboxylic acids is 1. The first-order valence-electron chi connectivity index (χ1n) is 8.67. The number of carbonyl (C=O) groups is 1. The lowest BCUT2D eigenvalue weighted by atomic mass is 10.2. The molecule has 0 aromatic heterocycles. The first kappa shape index (κ1) is 21.7. The summed E-state index contributed by atoms with van der Waals surface area (Å²) in [5, 5.41) is 15.2. The molecule has 0 spiro atoms. The number of ether oxygens (including phenoxy) is 1. The molecule has 0 heterocycles. The van der Waals surface area contributed by atoms with Crippen LogP contribution >= 0.6 is 34.2 Å². The summed E-state index contributed by atoms with van der Waals surface area (Å²) in [5.74, 6) is 0.169. The molecule has 1 amide bonds. The van der Waals surface area contributed by atoms with Crippen molar-refractivity contribution in [2.45, 2.75) is 6.61 Å². The first-order chi connectivity index (χ1) is 14.4. The maximum absolute atomic E-state index is 12.2. The quantitative estimate of drug-likeness (QED) is 0.195. The topological polar surface area (TPSA) is 93.8 Å². The van der Waals surface area contributed by atoms with Crippen LogP contribution in [0.25, 0.3) is 0 Å². The number of rotatable bonds is 7. The van der Waals surface area contributed by atoms with Crippen molar-refractivity contribution < 1.29 is 14.5 Å². The Balaban J connectivity index is 1.67. The molecule has 0 unspecified atom stereocenters. The normalized spacial score (nSPS) is 10.7. The minimum atomic E-state index is -0.455. The molecule has 0 radical (unpaired) electrons. The van der Waals surface area contributed by atoms with Crippen molar-refractivity contribution in [2.75, 3.05) is 0 Å². The van der Waals surface area contributed by atoms with Gasteiger partial charge in [-0.15, -0.1) is 0 Å². The van der Waals surface area contributed by atoms with E-state index in [4.69, 9.17) is 16.3 Å². The summed E-state index contributed by atoms with van der Waals surface area (Å²) < 4.78 is 6.83. The van der Waals surface area contributed by atoms with Crippen molar-refractivity contribution in [1.82, 2.24) is 5.43 Å². The van der Waals surface area contributed by atoms with Gasteiger partial charge in [0.15, 0.2) is 0 Å². The summed E-state index contributed by atoms with van der Waals surface area (Å²) in [5.41, 5.74) is 4.32. The molecule has 3 aromatic carbocycles. The average Bonchev–Trinajstić information content (AvgIpc) is 2.74. The zero-order valence-electron chi connectivity index (χ0n) is 15.4. The number of halogens is 2. The maximum Gasteiger partial charge on any atom is 0.271 e. The predicted molar refractivity (Wildman–Crippen MR) is 123 cm³/mol. The highest BCUT2D eigenvalue weighted by Gasteiger charge is 2.07. The van der Waals surface area contributed by atoms with Crippen LogP contribution in [0.5, 0.6) is 5.75 Å². The number of hydrogen-bond acceptors (Lipinski definition) is 5. The monoisotopic (exact) mass is 535 g/mol. The highest BCUT2D eigenvalue weighted by Crippen LogP contribution is 2.23. The number of hydrogen-bond donors (Lipinski definition) is 1. The number of hydrazone groups is 1. The second kappa shape index (κ2) is 10.2. The van der Waals surface area contributed by atoms with E-state index in [1.165, 1.54) is 18.3 Å². The van der Waals surface area contributed by atoms with Gasteiger partial charge in [0.25, 0.3) is 11.6 Å². The van der Waals surface area contributed by atoms with E-state index in [2.05, 4.69) is 33.1 Å². The van der Waals surface area contributed by atoms with Crippen molar-refractivity contribution in [2.24, 2.45) is 5.10 Å². The number of nitrogens with zero attached hydrogens (tertiary/aromatic N) is 2. The minimum Gasteiger partial charge on any atom is -0.488 e. The van der Waals surface area contributed by atoms with Gasteiger partial charge in [-0.1, -0.05) is 11.6 Å². The molecule has 0 fully saturated rings. The fourth-order valence-corrected chi connectivity index (χ4v) is 2.99. The van der Waals surface area contributed by atoms with E-state index in [1.807, 2.05) is 12.1 Å². The Labute approximate surface area is 191 Å². The van der Waals surface area contributed by atoms with E-state index >= 15 is 0 Å². The van der Waals surface area contributed by atoms with Gasteiger partial charge in [-0.05, 0) is 82.8 Å². The molecular formula is C21H15ClIN3O4. The van der Waals surface area contributed by atoms with E-state index in [9.17, 15) is 14.9 Å². The fourth-order valence-electron chi connectivity index (χ4n) is 2.45. The maximum atomic E-state index is 12.2. The van der Waals surface area contributed by atoms with Gasteiger partial charge >= 0.3 is 0 Å². The average molecular weight is 536 g/mol. The SMILES string of the molecule is O=C(N/N=C\c1cc(Cl)ccc1OCc1ccc([N+](=O)[O-])cc1)c1ccc(I)cc1. The molecule has 7 nitrogen and oxygen atoms in total. The van der Waals surface area contributed by atoms with Crippen LogP contribution in [0.4, 0.5) is 5.69 Å². The van der Waals surface area contributed by atoms with Crippen LogP contribution in [0.15, 0.2) is 71.8 Å². The summed E-state index contributed by atoms with van der Waals surface area (Å²) in [4.78, 5) is 22.4. The van der Waals surface area contributed by atoms with Crippen molar-refractivity contribution in [3.8, 4) is 5.75 Å². The molecule has 3 rings (SSSR count). The molecular weight excluding hydrogens is 521 g/mol. The summed E-state index contributed by atoms with van der Waals surface area (Å²) in [7, 11) is 0. The zero-order chi connectivity index (χ0) is 21.5. The van der Waals surface area contributed by atoms with Gasteiger partial charge in [0.2, 0.25) is 0 Å². The number of nitro groups is 1. The summed E-state index contributed by atoms with van der Waals surface area (Å²) in [6.07, 6.45) is 1.45. The van der Waals surface area contributed by atoms with Crippen LogP contribution in [-0.2, 0) is 6.61 Å². The number of benzene rings is 3. The predicted octanol–water partition coefficient (Wildman–Crippen LogP) is 5.20. The molecule has 0 atom stereocenters.